The van der Waals surface area contributed by atoms with Gasteiger partial charge >= 0.3 is 0 Å². The smallest absolute Gasteiger partial charge is 0.291 e. The lowest BCUT2D eigenvalue weighted by atomic mass is 9.92. The number of likely N-dealkylation sites (tertiary alicyclic amines) is 1. The van der Waals surface area contributed by atoms with E-state index in [0.717, 1.165) is 35.8 Å². The molecule has 6 heteroatoms. The lowest BCUT2D eigenvalue weighted by Gasteiger charge is -2.35. The molecule has 4 rings (SSSR count). The molecule has 2 aromatic heterocycles. The molecule has 1 fully saturated rings. The van der Waals surface area contributed by atoms with Crippen molar-refractivity contribution in [1.82, 2.24) is 19.2 Å². The molecule has 0 radical (unpaired) electrons. The van der Waals surface area contributed by atoms with Crippen molar-refractivity contribution in [1.29, 1.82) is 0 Å². The summed E-state index contributed by atoms with van der Waals surface area (Å²) >= 11 is 0. The predicted octanol–water partition coefficient (Wildman–Crippen LogP) is 2.39. The van der Waals surface area contributed by atoms with E-state index in [1.54, 1.807) is 6.20 Å². The molecule has 1 aliphatic rings. The Morgan fingerprint density at radius 1 is 1.15 bits per heavy atom. The first-order valence-corrected chi connectivity index (χ1v) is 9.16. The molecule has 0 spiro atoms. The first kappa shape index (κ1) is 16.8. The van der Waals surface area contributed by atoms with E-state index in [-0.39, 0.29) is 18.0 Å². The van der Waals surface area contributed by atoms with Crippen molar-refractivity contribution in [2.45, 2.75) is 26.8 Å². The monoisotopic (exact) mass is 352 g/mol. The van der Waals surface area contributed by atoms with Gasteiger partial charge in [-0.3, -0.25) is 9.59 Å². The number of hydrogen-bond donors (Lipinski definition) is 0. The van der Waals surface area contributed by atoms with Crippen LogP contribution in [0, 0.1) is 11.8 Å². The van der Waals surface area contributed by atoms with Crippen molar-refractivity contribution in [2.75, 3.05) is 13.1 Å². The summed E-state index contributed by atoms with van der Waals surface area (Å²) in [7, 11) is 1.88. The van der Waals surface area contributed by atoms with Gasteiger partial charge in [0.1, 0.15) is 12.1 Å². The van der Waals surface area contributed by atoms with Crippen LogP contribution in [0.4, 0.5) is 0 Å². The molecular weight excluding hydrogens is 328 g/mol. The summed E-state index contributed by atoms with van der Waals surface area (Å²) < 4.78 is 3.19. The highest BCUT2D eigenvalue weighted by molar-refractivity contribution is 6.07. The summed E-state index contributed by atoms with van der Waals surface area (Å²) in [6, 6.07) is 7.89. The SMILES string of the molecule is C[C@@H]1C[C@H](C)CN(C(=O)Cn2ncc3c4ccccc4n(C)c3c2=O)C1. The second kappa shape index (κ2) is 6.27. The maximum absolute atomic E-state index is 13.0. The van der Waals surface area contributed by atoms with Gasteiger partial charge < -0.3 is 9.47 Å². The zero-order valence-electron chi connectivity index (χ0n) is 15.5. The maximum atomic E-state index is 13.0. The molecule has 3 heterocycles. The number of rotatable bonds is 2. The van der Waals surface area contributed by atoms with E-state index in [9.17, 15) is 9.59 Å². The van der Waals surface area contributed by atoms with Crippen molar-refractivity contribution < 1.29 is 4.79 Å². The number of carbonyl (C=O) groups is 1. The largest absolute Gasteiger partial charge is 0.341 e. The Bertz CT molecular complexity index is 1040. The van der Waals surface area contributed by atoms with Gasteiger partial charge in [-0.15, -0.1) is 0 Å². The molecule has 6 nitrogen and oxygen atoms in total. The zero-order valence-corrected chi connectivity index (χ0v) is 15.5. The van der Waals surface area contributed by atoms with E-state index in [0.29, 0.717) is 17.4 Å². The van der Waals surface area contributed by atoms with Gasteiger partial charge in [-0.25, -0.2) is 4.68 Å². The molecule has 1 saturated heterocycles. The van der Waals surface area contributed by atoms with Crippen LogP contribution < -0.4 is 5.56 Å². The Kier molecular flexibility index (Phi) is 4.05. The third-order valence-corrected chi connectivity index (χ3v) is 5.42. The average molecular weight is 352 g/mol. The quantitative estimate of drug-likeness (QED) is 0.711. The van der Waals surface area contributed by atoms with Gasteiger partial charge in [0.2, 0.25) is 5.91 Å². The average Bonchev–Trinajstić information content (AvgIpc) is 2.90. The van der Waals surface area contributed by atoms with Gasteiger partial charge in [-0.1, -0.05) is 32.0 Å². The van der Waals surface area contributed by atoms with Crippen LogP contribution >= 0.6 is 0 Å². The molecule has 0 bridgehead atoms. The Hall–Kier alpha value is -2.63. The van der Waals surface area contributed by atoms with Crippen LogP contribution in [0.3, 0.4) is 0 Å². The van der Waals surface area contributed by atoms with Gasteiger partial charge in [0, 0.05) is 36.4 Å². The number of piperidine rings is 1. The predicted molar refractivity (Wildman–Crippen MR) is 102 cm³/mol. The molecule has 26 heavy (non-hydrogen) atoms. The molecule has 1 aromatic carbocycles. The summed E-state index contributed by atoms with van der Waals surface area (Å²) in [4.78, 5) is 27.6. The van der Waals surface area contributed by atoms with Crippen molar-refractivity contribution in [2.24, 2.45) is 18.9 Å². The van der Waals surface area contributed by atoms with E-state index in [4.69, 9.17) is 0 Å². The lowest BCUT2D eigenvalue weighted by molar-refractivity contribution is -0.134. The zero-order chi connectivity index (χ0) is 18.4. The van der Waals surface area contributed by atoms with Crippen molar-refractivity contribution in [3.8, 4) is 0 Å². The Morgan fingerprint density at radius 2 is 1.85 bits per heavy atom. The Morgan fingerprint density at radius 3 is 2.58 bits per heavy atom. The Labute approximate surface area is 152 Å². The van der Waals surface area contributed by atoms with E-state index >= 15 is 0 Å². The summed E-state index contributed by atoms with van der Waals surface area (Å²) in [5.74, 6) is 0.956. The van der Waals surface area contributed by atoms with Crippen molar-refractivity contribution >= 4 is 27.7 Å². The summed E-state index contributed by atoms with van der Waals surface area (Å²) in [6.07, 6.45) is 2.84. The van der Waals surface area contributed by atoms with Gasteiger partial charge in [-0.2, -0.15) is 5.10 Å². The first-order chi connectivity index (χ1) is 12.5. The minimum atomic E-state index is -0.215. The number of aromatic nitrogens is 3. The van der Waals surface area contributed by atoms with Crippen molar-refractivity contribution in [3.63, 3.8) is 0 Å². The standard InChI is InChI=1S/C20H24N4O2/c1-13-8-14(2)11-23(10-13)18(25)12-24-20(26)19-16(9-21-24)15-6-4-5-7-17(15)22(19)3/h4-7,9,13-14H,8,10-12H2,1-3H3/t13-,14+. The third-order valence-electron chi connectivity index (χ3n) is 5.42. The molecule has 0 N–H and O–H groups in total. The van der Waals surface area contributed by atoms with Crippen LogP contribution in [0.2, 0.25) is 0 Å². The summed E-state index contributed by atoms with van der Waals surface area (Å²) in [5.41, 5.74) is 1.37. The molecule has 2 atom stereocenters. The van der Waals surface area contributed by atoms with Crippen LogP contribution in [0.15, 0.2) is 35.3 Å². The van der Waals surface area contributed by atoms with Gasteiger partial charge in [-0.05, 0) is 24.3 Å². The minimum absolute atomic E-state index is 0.00423. The second-order valence-corrected chi connectivity index (χ2v) is 7.69. The minimum Gasteiger partial charge on any atom is -0.341 e. The normalized spacial score (nSPS) is 20.8. The number of aryl methyl sites for hydroxylation is 1. The van der Waals surface area contributed by atoms with Crippen LogP contribution in [-0.2, 0) is 18.4 Å². The molecule has 136 valence electrons. The number of fused-ring (bicyclic) bond motifs is 3. The molecular formula is C20H24N4O2. The maximum Gasteiger partial charge on any atom is 0.291 e. The fraction of sp³-hybridized carbons (Fsp3) is 0.450. The van der Waals surface area contributed by atoms with Crippen LogP contribution in [0.5, 0.6) is 0 Å². The second-order valence-electron chi connectivity index (χ2n) is 7.69. The summed E-state index contributed by atoms with van der Waals surface area (Å²) in [6.45, 7) is 5.85. The van der Waals surface area contributed by atoms with Crippen molar-refractivity contribution in [3.05, 3.63) is 40.8 Å². The highest BCUT2D eigenvalue weighted by Gasteiger charge is 2.26. The molecule has 1 amide bonds. The first-order valence-electron chi connectivity index (χ1n) is 9.16. The number of amides is 1. The fourth-order valence-electron chi connectivity index (χ4n) is 4.32. The molecule has 0 saturated carbocycles. The number of nitrogens with zero attached hydrogens (tertiary/aromatic N) is 4. The highest BCUT2D eigenvalue weighted by Crippen LogP contribution is 2.25. The Balaban J connectivity index is 1.70. The molecule has 3 aromatic rings. The van der Waals surface area contributed by atoms with Gasteiger partial charge in [0.25, 0.3) is 5.56 Å². The topological polar surface area (TPSA) is 60.1 Å². The summed E-state index contributed by atoms with van der Waals surface area (Å²) in [5, 5.41) is 6.12. The number of hydrogen-bond acceptors (Lipinski definition) is 3. The van der Waals surface area contributed by atoms with E-state index < -0.39 is 0 Å². The third kappa shape index (κ3) is 2.69. The molecule has 1 aliphatic heterocycles. The van der Waals surface area contributed by atoms with Crippen LogP contribution in [-0.4, -0.2) is 38.2 Å². The van der Waals surface area contributed by atoms with Gasteiger partial charge in [0.05, 0.1) is 6.20 Å². The van der Waals surface area contributed by atoms with Crippen LogP contribution in [0.1, 0.15) is 20.3 Å². The molecule has 0 aliphatic carbocycles. The van der Waals surface area contributed by atoms with E-state index in [2.05, 4.69) is 18.9 Å². The number of para-hydroxylation sites is 1. The number of benzene rings is 1. The molecule has 0 unspecified atom stereocenters. The lowest BCUT2D eigenvalue weighted by Crippen LogP contribution is -2.45. The van der Waals surface area contributed by atoms with E-state index in [1.165, 1.54) is 4.68 Å². The van der Waals surface area contributed by atoms with Gasteiger partial charge in [0.15, 0.2) is 0 Å². The van der Waals surface area contributed by atoms with E-state index in [1.807, 2.05) is 40.8 Å². The highest BCUT2D eigenvalue weighted by atomic mass is 16.2. The number of carbonyl (C=O) groups excluding carboxylic acids is 1. The fourth-order valence-corrected chi connectivity index (χ4v) is 4.32. The van der Waals surface area contributed by atoms with Crippen LogP contribution in [0.25, 0.3) is 21.8 Å².